The molecule has 0 atom stereocenters. The first-order valence-corrected chi connectivity index (χ1v) is 16.3. The van der Waals surface area contributed by atoms with Crippen molar-refractivity contribution in [1.82, 2.24) is 9.62 Å². The SMILES string of the molecule is C=c1ccccc1=C1c2ccc(N)c(C)c2Oc2c1ccc(N)c2S(=O)(=O)N(CCCCCNC(=O)O)CCCCCC(=O)O. The van der Waals surface area contributed by atoms with Crippen molar-refractivity contribution in [2.24, 2.45) is 0 Å². The molecule has 0 spiro atoms. The number of sulfonamides is 1. The summed E-state index contributed by atoms with van der Waals surface area (Å²) in [5.74, 6) is -0.354. The van der Waals surface area contributed by atoms with Crippen molar-refractivity contribution in [3.8, 4) is 11.5 Å². The summed E-state index contributed by atoms with van der Waals surface area (Å²) in [6, 6.07) is 14.6. The smallest absolute Gasteiger partial charge is 0.404 e. The van der Waals surface area contributed by atoms with Gasteiger partial charge in [0.05, 0.1) is 5.69 Å². The second-order valence-electron chi connectivity index (χ2n) is 11.1. The number of unbranched alkanes of at least 4 members (excludes halogenated alkanes) is 4. The molecule has 12 heteroatoms. The highest BCUT2D eigenvalue weighted by Crippen LogP contribution is 2.49. The normalized spacial score (nSPS) is 13.6. The van der Waals surface area contributed by atoms with Gasteiger partial charge in [-0.15, -0.1) is 0 Å². The van der Waals surface area contributed by atoms with Crippen molar-refractivity contribution < 1.29 is 33.0 Å². The Kier molecular flexibility index (Phi) is 10.7. The number of hydrogen-bond acceptors (Lipinski definition) is 7. The van der Waals surface area contributed by atoms with Crippen LogP contribution >= 0.6 is 0 Å². The zero-order valence-electron chi connectivity index (χ0n) is 25.3. The lowest BCUT2D eigenvalue weighted by molar-refractivity contribution is -0.137. The maximum atomic E-state index is 14.5. The van der Waals surface area contributed by atoms with Crippen LogP contribution in [0, 0.1) is 6.92 Å². The third kappa shape index (κ3) is 7.58. The van der Waals surface area contributed by atoms with Crippen molar-refractivity contribution in [3.05, 3.63) is 75.7 Å². The first-order chi connectivity index (χ1) is 21.4. The molecule has 0 aliphatic carbocycles. The van der Waals surface area contributed by atoms with E-state index in [1.54, 1.807) is 18.2 Å². The van der Waals surface area contributed by atoms with Crippen LogP contribution in [0.4, 0.5) is 16.2 Å². The van der Waals surface area contributed by atoms with Gasteiger partial charge in [-0.1, -0.05) is 43.7 Å². The van der Waals surface area contributed by atoms with Crippen LogP contribution in [0.3, 0.4) is 0 Å². The van der Waals surface area contributed by atoms with E-state index in [-0.39, 0.29) is 42.4 Å². The third-order valence-corrected chi connectivity index (χ3v) is 9.86. The quantitative estimate of drug-likeness (QED) is 0.101. The van der Waals surface area contributed by atoms with Crippen LogP contribution in [0.15, 0.2) is 53.4 Å². The summed E-state index contributed by atoms with van der Waals surface area (Å²) >= 11 is 0. The number of benzene rings is 3. The topological polar surface area (TPSA) is 185 Å². The van der Waals surface area contributed by atoms with E-state index in [0.717, 1.165) is 21.6 Å². The molecule has 0 bridgehead atoms. The number of aliphatic carboxylic acids is 1. The molecule has 3 aromatic rings. The summed E-state index contributed by atoms with van der Waals surface area (Å²) in [5, 5.41) is 21.7. The lowest BCUT2D eigenvalue weighted by atomic mass is 9.89. The molecule has 1 aliphatic rings. The van der Waals surface area contributed by atoms with Gasteiger partial charge >= 0.3 is 12.1 Å². The number of rotatable bonds is 14. The fraction of sp³-hybridized carbons (Fsp3) is 0.333. The largest absolute Gasteiger partial charge is 0.481 e. The Labute approximate surface area is 262 Å². The average molecular weight is 637 g/mol. The van der Waals surface area contributed by atoms with Gasteiger partial charge < -0.3 is 31.7 Å². The van der Waals surface area contributed by atoms with Crippen molar-refractivity contribution >= 4 is 45.6 Å². The van der Waals surface area contributed by atoms with Gasteiger partial charge in [-0.3, -0.25) is 4.79 Å². The summed E-state index contributed by atoms with van der Waals surface area (Å²) in [6.45, 7) is 6.61. The number of nitrogens with zero attached hydrogens (tertiary/aromatic N) is 1. The summed E-state index contributed by atoms with van der Waals surface area (Å²) in [5.41, 5.74) is 15.9. The van der Waals surface area contributed by atoms with Crippen LogP contribution in [0.25, 0.3) is 12.2 Å². The minimum Gasteiger partial charge on any atom is -0.481 e. The first-order valence-electron chi connectivity index (χ1n) is 14.9. The van der Waals surface area contributed by atoms with Crippen molar-refractivity contribution in [1.29, 1.82) is 0 Å². The predicted octanol–water partition coefficient (Wildman–Crippen LogP) is 4.00. The third-order valence-electron chi connectivity index (χ3n) is 7.88. The van der Waals surface area contributed by atoms with Gasteiger partial charge in [0.2, 0.25) is 10.0 Å². The Morgan fingerprint density at radius 3 is 2.13 bits per heavy atom. The number of carboxylic acid groups (broad SMARTS) is 2. The highest BCUT2D eigenvalue weighted by molar-refractivity contribution is 7.89. The standard InChI is InChI=1S/C33H40N4O7S/c1-21-11-6-7-12-23(21)29-24-14-16-26(34)22(2)30(24)44-31-25(29)15-17-27(35)32(31)45(42,43)37(19-9-3-5-13-28(38)39)20-10-4-8-18-36-33(40)41/h6-7,11-12,14-17,36H,1,3-5,8-10,13,18-20,34-35H2,2H3,(H,38,39)(H,40,41). The van der Waals surface area contributed by atoms with Gasteiger partial charge in [0, 0.05) is 54.0 Å². The molecule has 1 aliphatic heterocycles. The summed E-state index contributed by atoms with van der Waals surface area (Å²) < 4.78 is 36.8. The van der Waals surface area contributed by atoms with Gasteiger partial charge in [-0.2, -0.15) is 4.31 Å². The monoisotopic (exact) mass is 636 g/mol. The molecule has 0 radical (unpaired) electrons. The van der Waals surface area contributed by atoms with E-state index < -0.39 is 22.1 Å². The molecule has 0 aromatic heterocycles. The highest BCUT2D eigenvalue weighted by atomic mass is 32.2. The number of amides is 1. The van der Waals surface area contributed by atoms with Crippen molar-refractivity contribution in [2.45, 2.75) is 56.8 Å². The summed E-state index contributed by atoms with van der Waals surface area (Å²) in [4.78, 5) is 21.6. The molecule has 0 saturated carbocycles. The minimum absolute atomic E-state index is 0.00454. The number of nitrogens with one attached hydrogen (secondary N) is 1. The van der Waals surface area contributed by atoms with Gasteiger partial charge in [0.15, 0.2) is 5.75 Å². The Bertz CT molecular complexity index is 1810. The molecule has 240 valence electrons. The number of anilines is 2. The summed E-state index contributed by atoms with van der Waals surface area (Å²) in [6.07, 6.45) is 1.93. The Morgan fingerprint density at radius 2 is 1.49 bits per heavy atom. The molecule has 0 fully saturated rings. The van der Waals surface area contributed by atoms with Crippen LogP contribution in [0.5, 0.6) is 11.5 Å². The lowest BCUT2D eigenvalue weighted by Crippen LogP contribution is -2.34. The Morgan fingerprint density at radius 1 is 0.867 bits per heavy atom. The van der Waals surface area contributed by atoms with Crippen LogP contribution < -0.4 is 32.0 Å². The molecule has 1 heterocycles. The zero-order chi connectivity index (χ0) is 32.7. The van der Waals surface area contributed by atoms with Crippen LogP contribution in [0.1, 0.15) is 61.6 Å². The van der Waals surface area contributed by atoms with E-state index in [9.17, 15) is 18.0 Å². The fourth-order valence-corrected chi connectivity index (χ4v) is 7.24. The number of hydrogen-bond donors (Lipinski definition) is 5. The molecular weight excluding hydrogens is 596 g/mol. The number of fused-ring (bicyclic) bond motifs is 2. The Balaban J connectivity index is 1.80. The molecule has 3 aromatic carbocycles. The summed E-state index contributed by atoms with van der Waals surface area (Å²) in [7, 11) is -4.23. The van der Waals surface area contributed by atoms with E-state index in [0.29, 0.717) is 61.1 Å². The molecule has 0 saturated heterocycles. The number of carbonyl (C=O) groups is 2. The molecule has 0 unspecified atom stereocenters. The Hall–Kier alpha value is -4.55. The zero-order valence-corrected chi connectivity index (χ0v) is 26.2. The van der Waals surface area contributed by atoms with E-state index >= 15 is 0 Å². The fourth-order valence-electron chi connectivity index (χ4n) is 5.49. The molecule has 45 heavy (non-hydrogen) atoms. The minimum atomic E-state index is -4.23. The second-order valence-corrected chi connectivity index (χ2v) is 12.9. The first kappa shape index (κ1) is 33.3. The number of nitrogens with two attached hydrogens (primary N) is 2. The van der Waals surface area contributed by atoms with Crippen LogP contribution in [-0.2, 0) is 14.8 Å². The number of ether oxygens (including phenoxy) is 1. The van der Waals surface area contributed by atoms with Gasteiger partial charge in [0.1, 0.15) is 10.6 Å². The molecule has 4 rings (SSSR count). The second kappa shape index (κ2) is 14.5. The number of nitrogen functional groups attached to an aromatic ring is 2. The molecule has 1 amide bonds. The maximum absolute atomic E-state index is 14.5. The van der Waals surface area contributed by atoms with Crippen molar-refractivity contribution in [2.75, 3.05) is 31.1 Å². The van der Waals surface area contributed by atoms with Gasteiger partial charge in [-0.05, 0) is 67.3 Å². The average Bonchev–Trinajstić information content (AvgIpc) is 2.98. The number of carboxylic acids is 1. The van der Waals surface area contributed by atoms with E-state index in [2.05, 4.69) is 11.9 Å². The van der Waals surface area contributed by atoms with E-state index in [4.69, 9.17) is 26.4 Å². The lowest BCUT2D eigenvalue weighted by Gasteiger charge is -2.30. The predicted molar refractivity (Wildman–Crippen MR) is 174 cm³/mol. The van der Waals surface area contributed by atoms with E-state index in [1.807, 2.05) is 37.3 Å². The molecule has 7 N–H and O–H groups in total. The van der Waals surface area contributed by atoms with Gasteiger partial charge in [0.25, 0.3) is 0 Å². The molecule has 11 nitrogen and oxygen atoms in total. The van der Waals surface area contributed by atoms with Gasteiger partial charge in [-0.25, -0.2) is 13.2 Å². The van der Waals surface area contributed by atoms with Crippen LogP contribution in [0.2, 0.25) is 0 Å². The highest BCUT2D eigenvalue weighted by Gasteiger charge is 2.35. The van der Waals surface area contributed by atoms with Crippen LogP contribution in [-0.4, -0.2) is 54.6 Å². The maximum Gasteiger partial charge on any atom is 0.404 e. The molecular formula is C33H40N4O7S. The van der Waals surface area contributed by atoms with Crippen molar-refractivity contribution in [3.63, 3.8) is 0 Å². The van der Waals surface area contributed by atoms with E-state index in [1.165, 1.54) is 4.31 Å².